The van der Waals surface area contributed by atoms with Crippen molar-refractivity contribution >= 4 is 90.0 Å². The molecule has 48 heavy (non-hydrogen) atoms. The first-order valence-electron chi connectivity index (χ1n) is 14.8. The fraction of sp³-hybridized carbons (Fsp3) is 0.414. The first-order valence-corrected chi connectivity index (χ1v) is 19.2. The lowest BCUT2D eigenvalue weighted by Crippen LogP contribution is -2.37. The van der Waals surface area contributed by atoms with E-state index in [1.807, 2.05) is 0 Å². The second kappa shape index (κ2) is 18.3. The molecule has 4 N–H and O–H groups in total. The minimum absolute atomic E-state index is 0.0605. The van der Waals surface area contributed by atoms with Gasteiger partial charge < -0.3 is 29.9 Å². The number of morpholine rings is 1. The Labute approximate surface area is 295 Å². The number of hydrogen-bond acceptors (Lipinski definition) is 11. The molecule has 19 heteroatoms. The molecule has 0 unspecified atom stereocenters. The maximum Gasteiger partial charge on any atom is 0.325 e. The summed E-state index contributed by atoms with van der Waals surface area (Å²) in [6.07, 6.45) is 0.829. The van der Waals surface area contributed by atoms with Crippen molar-refractivity contribution in [2.75, 3.05) is 69.1 Å². The smallest absolute Gasteiger partial charge is 0.325 e. The van der Waals surface area contributed by atoms with E-state index in [1.165, 1.54) is 46.0 Å². The summed E-state index contributed by atoms with van der Waals surface area (Å²) in [5.41, 5.74) is 1.75. The first-order chi connectivity index (χ1) is 23.0. The fourth-order valence-electron chi connectivity index (χ4n) is 4.56. The summed E-state index contributed by atoms with van der Waals surface area (Å²) in [6.45, 7) is 7.84. The van der Waals surface area contributed by atoms with Gasteiger partial charge in [-0.1, -0.05) is 34.7 Å². The van der Waals surface area contributed by atoms with Crippen molar-refractivity contribution in [3.8, 4) is 5.75 Å². The van der Waals surface area contributed by atoms with Crippen molar-refractivity contribution < 1.29 is 33.0 Å². The highest BCUT2D eigenvalue weighted by atomic mass is 35.5. The molecule has 0 spiro atoms. The van der Waals surface area contributed by atoms with Crippen LogP contribution in [0.15, 0.2) is 44.7 Å². The van der Waals surface area contributed by atoms with Gasteiger partial charge in [-0.3, -0.25) is 24.2 Å². The van der Waals surface area contributed by atoms with Crippen molar-refractivity contribution in [2.24, 2.45) is 9.98 Å². The molecule has 0 aliphatic carbocycles. The third kappa shape index (κ3) is 11.7. The Kier molecular flexibility index (Phi) is 14.5. The van der Waals surface area contributed by atoms with Gasteiger partial charge in [0, 0.05) is 49.8 Å². The molecule has 1 fully saturated rings. The number of carbonyl (C=O) groups excluding carboxylic acids is 1. The summed E-state index contributed by atoms with van der Waals surface area (Å²) >= 11 is 13.9. The zero-order valence-electron chi connectivity index (χ0n) is 26.1. The van der Waals surface area contributed by atoms with Gasteiger partial charge in [-0.15, -0.1) is 0 Å². The van der Waals surface area contributed by atoms with Crippen molar-refractivity contribution in [1.29, 1.82) is 0 Å². The number of rotatable bonds is 16. The molecule has 2 heterocycles. The molecule has 0 atom stereocenters. The van der Waals surface area contributed by atoms with Crippen LogP contribution in [0.25, 0.3) is 0 Å². The normalized spacial score (nSPS) is 14.1. The molecule has 1 aliphatic rings. The Morgan fingerprint density at radius 2 is 2.04 bits per heavy atom. The molecule has 1 aliphatic heterocycles. The number of nitrogens with one attached hydrogen (secondary N) is 2. The maximum absolute atomic E-state index is 13.8. The number of amides is 1. The number of thioether (sulfide) groups is 1. The van der Waals surface area contributed by atoms with E-state index in [4.69, 9.17) is 43.1 Å². The van der Waals surface area contributed by atoms with Gasteiger partial charge in [0.05, 0.1) is 42.4 Å². The number of halogens is 2. The molecule has 3 aromatic rings. The molecule has 1 aromatic heterocycles. The van der Waals surface area contributed by atoms with Crippen LogP contribution < -0.4 is 15.4 Å². The standard InChI is InChI=1S/C29H36ClFN7O6PS3/c1-32-23-17-25(44-10-3-7-37-8-11-43-12-9-37)24(16-20(23)27(33-2)34-19-5-6-22(31)21(30)15-19)35-26(39)18-38-29(46)48-28(36-38)47-14-4-13-45(40,41)42/h5-6,15-17H,1,3-4,7-14,18H2,2H3,(H,33,34)(H,35,39)(H2,40,41,42). The van der Waals surface area contributed by atoms with E-state index < -0.39 is 19.3 Å². The summed E-state index contributed by atoms with van der Waals surface area (Å²) in [5.74, 6) is 0.192. The van der Waals surface area contributed by atoms with E-state index >= 15 is 0 Å². The Morgan fingerprint density at radius 1 is 1.27 bits per heavy atom. The first kappa shape index (κ1) is 38.1. The highest BCUT2D eigenvalue weighted by Gasteiger charge is 2.19. The maximum atomic E-state index is 13.8. The minimum atomic E-state index is -4.07. The van der Waals surface area contributed by atoms with Crippen LogP contribution in [0.2, 0.25) is 5.02 Å². The highest BCUT2D eigenvalue weighted by Crippen LogP contribution is 2.36. The van der Waals surface area contributed by atoms with Crippen LogP contribution >= 0.6 is 54.5 Å². The molecule has 13 nitrogen and oxygen atoms in total. The zero-order valence-corrected chi connectivity index (χ0v) is 30.2. The summed E-state index contributed by atoms with van der Waals surface area (Å²) in [7, 11) is -2.50. The molecule has 0 bridgehead atoms. The van der Waals surface area contributed by atoms with E-state index in [-0.39, 0.29) is 17.7 Å². The number of amidine groups is 1. The SMILES string of the molecule is C=Nc1cc(OCCCN2CCOCC2)c(NC(=O)Cn2nc(SCCCP(=O)(O)O)sc2=S)cc1C(=NC)Nc1ccc(F)c(Cl)c1. The van der Waals surface area contributed by atoms with Crippen molar-refractivity contribution in [3.63, 3.8) is 0 Å². The second-order valence-electron chi connectivity index (χ2n) is 10.4. The Morgan fingerprint density at radius 3 is 2.73 bits per heavy atom. The number of carbonyl (C=O) groups is 1. The van der Waals surface area contributed by atoms with Crippen molar-refractivity contribution in [3.05, 3.63) is 50.7 Å². The van der Waals surface area contributed by atoms with Gasteiger partial charge in [-0.05, 0) is 56.0 Å². The molecule has 4 rings (SSSR count). The number of nitrogens with zero attached hydrogens (tertiary/aromatic N) is 5. The number of anilines is 2. The third-order valence-corrected chi connectivity index (χ3v) is 10.6. The predicted molar refractivity (Wildman–Crippen MR) is 192 cm³/mol. The number of aromatic nitrogens is 2. The highest BCUT2D eigenvalue weighted by molar-refractivity contribution is 8.01. The van der Waals surface area contributed by atoms with Gasteiger partial charge in [0.1, 0.15) is 23.9 Å². The molecule has 0 saturated carbocycles. The van der Waals surface area contributed by atoms with Gasteiger partial charge in [0.15, 0.2) is 8.29 Å². The van der Waals surface area contributed by atoms with E-state index in [0.717, 1.165) is 26.1 Å². The molecule has 2 aromatic carbocycles. The molecule has 0 radical (unpaired) electrons. The third-order valence-electron chi connectivity index (χ3n) is 6.88. The van der Waals surface area contributed by atoms with Crippen molar-refractivity contribution in [2.45, 2.75) is 23.7 Å². The van der Waals surface area contributed by atoms with E-state index in [1.54, 1.807) is 19.2 Å². The summed E-state index contributed by atoms with van der Waals surface area (Å²) in [5, 5.41) is 10.4. The lowest BCUT2D eigenvalue weighted by molar-refractivity contribution is -0.117. The van der Waals surface area contributed by atoms with Gasteiger partial charge in [0.2, 0.25) is 5.91 Å². The Balaban J connectivity index is 1.53. The average molecular weight is 760 g/mol. The van der Waals surface area contributed by atoms with Gasteiger partial charge in [-0.25, -0.2) is 9.07 Å². The summed E-state index contributed by atoms with van der Waals surface area (Å²) < 4.78 is 38.8. The lowest BCUT2D eigenvalue weighted by atomic mass is 10.1. The van der Waals surface area contributed by atoms with Crippen LogP contribution in [-0.2, 0) is 20.6 Å². The minimum Gasteiger partial charge on any atom is -0.491 e. The molecular weight excluding hydrogens is 724 g/mol. The largest absolute Gasteiger partial charge is 0.491 e. The summed E-state index contributed by atoms with van der Waals surface area (Å²) in [6, 6.07) is 7.52. The number of aliphatic imine (C=N–C) groups is 2. The Hall–Kier alpha value is -2.73. The monoisotopic (exact) mass is 759 g/mol. The molecule has 1 saturated heterocycles. The van der Waals surface area contributed by atoms with Crippen LogP contribution in [0.1, 0.15) is 18.4 Å². The van der Waals surface area contributed by atoms with E-state index in [0.29, 0.717) is 74.5 Å². The topological polar surface area (TPSA) is 163 Å². The fourth-order valence-corrected chi connectivity index (χ4v) is 7.86. The average Bonchev–Trinajstić information content (AvgIpc) is 3.40. The molecule has 260 valence electrons. The van der Waals surface area contributed by atoms with Crippen LogP contribution in [0, 0.1) is 9.77 Å². The van der Waals surface area contributed by atoms with Gasteiger partial charge >= 0.3 is 7.60 Å². The van der Waals surface area contributed by atoms with Crippen LogP contribution in [-0.4, -0.2) is 101 Å². The van der Waals surface area contributed by atoms with Crippen LogP contribution in [0.3, 0.4) is 0 Å². The van der Waals surface area contributed by atoms with Crippen molar-refractivity contribution in [1.82, 2.24) is 14.7 Å². The quantitative estimate of drug-likeness (QED) is 0.0355. The van der Waals surface area contributed by atoms with Gasteiger partial charge in [0.25, 0.3) is 0 Å². The lowest BCUT2D eigenvalue weighted by Gasteiger charge is -2.26. The Bertz CT molecular complexity index is 1730. The molecular formula is C29H36ClFN7O6PS3. The number of benzene rings is 2. The summed E-state index contributed by atoms with van der Waals surface area (Å²) in [4.78, 5) is 42.3. The molecule has 1 amide bonds. The van der Waals surface area contributed by atoms with Crippen LogP contribution in [0.4, 0.5) is 21.5 Å². The predicted octanol–water partition coefficient (Wildman–Crippen LogP) is 5.69. The zero-order chi connectivity index (χ0) is 34.7. The second-order valence-corrected chi connectivity index (χ2v) is 15.6. The number of hydrogen-bond donors (Lipinski definition) is 4. The van der Waals surface area contributed by atoms with Crippen LogP contribution in [0.5, 0.6) is 5.75 Å². The number of ether oxygens (including phenoxy) is 2. The van der Waals surface area contributed by atoms with E-state index in [9.17, 15) is 13.8 Å². The van der Waals surface area contributed by atoms with Gasteiger partial charge in [-0.2, -0.15) is 5.10 Å². The van der Waals surface area contributed by atoms with E-state index in [2.05, 4.69) is 37.3 Å².